The molecule has 1 saturated carbocycles. The van der Waals surface area contributed by atoms with Gasteiger partial charge in [-0.3, -0.25) is 9.36 Å². The molecule has 0 spiro atoms. The lowest BCUT2D eigenvalue weighted by atomic mass is 9.88. The summed E-state index contributed by atoms with van der Waals surface area (Å²) in [5, 5.41) is 0.352. The van der Waals surface area contributed by atoms with E-state index in [1.807, 2.05) is 4.57 Å². The molecule has 1 heterocycles. The predicted octanol–water partition coefficient (Wildman–Crippen LogP) is 6.24. The van der Waals surface area contributed by atoms with Gasteiger partial charge in [0.15, 0.2) is 5.69 Å². The number of esters is 1. The minimum atomic E-state index is -0.600. The standard InChI is InChI=1S/C26H26Cl2FN3O3/c1-2-35-26(34)23-24(17-9-11-20(29)19(28)12-17)32(25(31-23)15-6-4-3-5-7-15)21-14-18(27)10-8-16(21)13-22(30)33/h8-12,14-15H,2-7,13H2,1H3,(H2,30,33). The van der Waals surface area contributed by atoms with Gasteiger partial charge in [-0.25, -0.2) is 14.2 Å². The van der Waals surface area contributed by atoms with E-state index in [1.54, 1.807) is 31.2 Å². The van der Waals surface area contributed by atoms with Crippen LogP contribution in [0.1, 0.15) is 66.8 Å². The Morgan fingerprint density at radius 2 is 1.89 bits per heavy atom. The van der Waals surface area contributed by atoms with Crippen molar-refractivity contribution in [3.05, 3.63) is 69.3 Å². The van der Waals surface area contributed by atoms with Crippen molar-refractivity contribution in [2.24, 2.45) is 5.73 Å². The lowest BCUT2D eigenvalue weighted by Crippen LogP contribution is -2.17. The van der Waals surface area contributed by atoms with Crippen LogP contribution >= 0.6 is 23.2 Å². The molecule has 2 N–H and O–H groups in total. The van der Waals surface area contributed by atoms with Gasteiger partial charge in [-0.1, -0.05) is 48.5 Å². The van der Waals surface area contributed by atoms with Gasteiger partial charge in [0, 0.05) is 16.5 Å². The Labute approximate surface area is 213 Å². The first-order chi connectivity index (χ1) is 16.8. The number of hydrogen-bond acceptors (Lipinski definition) is 4. The average molecular weight is 518 g/mol. The Kier molecular flexibility index (Phi) is 7.77. The zero-order valence-corrected chi connectivity index (χ0v) is 20.8. The quantitative estimate of drug-likeness (QED) is 0.376. The van der Waals surface area contributed by atoms with E-state index >= 15 is 0 Å². The van der Waals surface area contributed by atoms with E-state index in [0.29, 0.717) is 33.4 Å². The van der Waals surface area contributed by atoms with Gasteiger partial charge in [-0.05, 0) is 55.7 Å². The normalized spacial score (nSPS) is 14.2. The summed E-state index contributed by atoms with van der Waals surface area (Å²) in [6, 6.07) is 9.38. The molecule has 184 valence electrons. The molecular weight excluding hydrogens is 492 g/mol. The first kappa shape index (κ1) is 25.2. The van der Waals surface area contributed by atoms with Crippen LogP contribution in [-0.2, 0) is 16.0 Å². The Hall–Kier alpha value is -2.90. The number of carbonyl (C=O) groups is 2. The largest absolute Gasteiger partial charge is 0.461 e. The van der Waals surface area contributed by atoms with Gasteiger partial charge >= 0.3 is 5.97 Å². The maximum atomic E-state index is 14.1. The minimum absolute atomic E-state index is 0.0346. The molecule has 1 fully saturated rings. The fraction of sp³-hybridized carbons (Fsp3) is 0.346. The van der Waals surface area contributed by atoms with Gasteiger partial charge in [-0.2, -0.15) is 0 Å². The second kappa shape index (κ2) is 10.8. The van der Waals surface area contributed by atoms with Gasteiger partial charge in [0.05, 0.1) is 29.4 Å². The highest BCUT2D eigenvalue weighted by Gasteiger charge is 2.31. The van der Waals surface area contributed by atoms with Crippen molar-refractivity contribution >= 4 is 35.1 Å². The van der Waals surface area contributed by atoms with Crippen molar-refractivity contribution < 1.29 is 18.7 Å². The van der Waals surface area contributed by atoms with Crippen LogP contribution in [0.25, 0.3) is 16.9 Å². The summed E-state index contributed by atoms with van der Waals surface area (Å²) in [6.07, 6.45) is 4.96. The van der Waals surface area contributed by atoms with Crippen LogP contribution in [0.2, 0.25) is 10.0 Å². The Balaban J connectivity index is 2.08. The third kappa shape index (κ3) is 5.36. The summed E-state index contributed by atoms with van der Waals surface area (Å²) in [4.78, 5) is 29.8. The minimum Gasteiger partial charge on any atom is -0.461 e. The third-order valence-corrected chi connectivity index (χ3v) is 6.71. The monoisotopic (exact) mass is 517 g/mol. The number of nitrogens with zero attached hydrogens (tertiary/aromatic N) is 2. The van der Waals surface area contributed by atoms with Gasteiger partial charge in [0.1, 0.15) is 11.6 Å². The third-order valence-electron chi connectivity index (χ3n) is 6.19. The molecule has 1 aromatic heterocycles. The zero-order chi connectivity index (χ0) is 25.1. The maximum Gasteiger partial charge on any atom is 0.359 e. The summed E-state index contributed by atoms with van der Waals surface area (Å²) in [5.74, 6) is -0.954. The van der Waals surface area contributed by atoms with Crippen molar-refractivity contribution in [3.63, 3.8) is 0 Å². The molecule has 0 atom stereocenters. The topological polar surface area (TPSA) is 87.2 Å². The number of aromatic nitrogens is 2. The van der Waals surface area contributed by atoms with E-state index in [0.717, 1.165) is 32.1 Å². The first-order valence-electron chi connectivity index (χ1n) is 11.6. The number of amides is 1. The molecule has 1 amide bonds. The van der Waals surface area contributed by atoms with Crippen molar-refractivity contribution in [1.29, 1.82) is 0 Å². The molecule has 0 bridgehead atoms. The summed E-state index contributed by atoms with van der Waals surface area (Å²) in [7, 11) is 0. The summed E-state index contributed by atoms with van der Waals surface area (Å²) >= 11 is 12.5. The number of imidazole rings is 1. The van der Waals surface area contributed by atoms with Crippen LogP contribution in [-0.4, -0.2) is 28.0 Å². The predicted molar refractivity (Wildman–Crippen MR) is 134 cm³/mol. The van der Waals surface area contributed by atoms with Gasteiger partial charge < -0.3 is 10.5 Å². The van der Waals surface area contributed by atoms with Crippen LogP contribution in [0.5, 0.6) is 0 Å². The van der Waals surface area contributed by atoms with Crippen LogP contribution in [0.15, 0.2) is 36.4 Å². The molecular formula is C26H26Cl2FN3O3. The van der Waals surface area contributed by atoms with Crippen molar-refractivity contribution in [2.75, 3.05) is 6.61 Å². The lowest BCUT2D eigenvalue weighted by molar-refractivity contribution is -0.117. The summed E-state index contributed by atoms with van der Waals surface area (Å²) in [6.45, 7) is 1.88. The highest BCUT2D eigenvalue weighted by molar-refractivity contribution is 6.31. The van der Waals surface area contributed by atoms with E-state index < -0.39 is 17.7 Å². The number of rotatable bonds is 7. The van der Waals surface area contributed by atoms with Crippen molar-refractivity contribution in [1.82, 2.24) is 9.55 Å². The maximum absolute atomic E-state index is 14.1. The smallest absolute Gasteiger partial charge is 0.359 e. The molecule has 0 aliphatic heterocycles. The molecule has 0 radical (unpaired) electrons. The molecule has 1 aliphatic carbocycles. The molecule has 35 heavy (non-hydrogen) atoms. The highest BCUT2D eigenvalue weighted by atomic mass is 35.5. The average Bonchev–Trinajstić information content (AvgIpc) is 3.23. The SMILES string of the molecule is CCOC(=O)c1nc(C2CCCCC2)n(-c2cc(Cl)ccc2CC(N)=O)c1-c1ccc(F)c(Cl)c1. The van der Waals surface area contributed by atoms with Crippen LogP contribution in [0.4, 0.5) is 4.39 Å². The van der Waals surface area contributed by atoms with Crippen molar-refractivity contribution in [2.45, 2.75) is 51.4 Å². The molecule has 6 nitrogen and oxygen atoms in total. The fourth-order valence-electron chi connectivity index (χ4n) is 4.65. The van der Waals surface area contributed by atoms with Crippen LogP contribution in [0.3, 0.4) is 0 Å². The van der Waals surface area contributed by atoms with Gasteiger partial charge in [0.25, 0.3) is 0 Å². The number of benzene rings is 2. The number of carbonyl (C=O) groups excluding carboxylic acids is 2. The number of ether oxygens (including phenoxy) is 1. The molecule has 2 aromatic carbocycles. The molecule has 9 heteroatoms. The zero-order valence-electron chi connectivity index (χ0n) is 19.3. The number of halogens is 3. The summed E-state index contributed by atoms with van der Waals surface area (Å²) < 4.78 is 21.2. The number of primary amides is 1. The second-order valence-corrected chi connectivity index (χ2v) is 9.45. The van der Waals surface area contributed by atoms with E-state index in [9.17, 15) is 14.0 Å². The van der Waals surface area contributed by atoms with Crippen LogP contribution in [0, 0.1) is 5.82 Å². The molecule has 0 saturated heterocycles. The number of hydrogen-bond donors (Lipinski definition) is 1. The van der Waals surface area contributed by atoms with E-state index in [1.165, 1.54) is 12.1 Å². The van der Waals surface area contributed by atoms with E-state index in [4.69, 9.17) is 38.7 Å². The van der Waals surface area contributed by atoms with Gasteiger partial charge in [-0.15, -0.1) is 0 Å². The second-order valence-electron chi connectivity index (χ2n) is 8.60. The molecule has 3 aromatic rings. The molecule has 4 rings (SSSR count). The van der Waals surface area contributed by atoms with E-state index in [-0.39, 0.29) is 29.7 Å². The Morgan fingerprint density at radius 1 is 1.14 bits per heavy atom. The van der Waals surface area contributed by atoms with Gasteiger partial charge in [0.2, 0.25) is 5.91 Å². The van der Waals surface area contributed by atoms with E-state index in [2.05, 4.69) is 0 Å². The summed E-state index contributed by atoms with van der Waals surface area (Å²) in [5.41, 5.74) is 7.73. The Morgan fingerprint density at radius 3 is 2.54 bits per heavy atom. The first-order valence-corrected chi connectivity index (χ1v) is 12.4. The number of nitrogens with two attached hydrogens (primary N) is 1. The molecule has 0 unspecified atom stereocenters. The highest BCUT2D eigenvalue weighted by Crippen LogP contribution is 2.40. The Bertz CT molecular complexity index is 1270. The lowest BCUT2D eigenvalue weighted by Gasteiger charge is -2.24. The molecule has 1 aliphatic rings. The fourth-order valence-corrected chi connectivity index (χ4v) is 5.00. The van der Waals surface area contributed by atoms with Crippen molar-refractivity contribution in [3.8, 4) is 16.9 Å². The van der Waals surface area contributed by atoms with Crippen LogP contribution < -0.4 is 5.73 Å².